The Morgan fingerprint density at radius 3 is 2.74 bits per heavy atom. The van der Waals surface area contributed by atoms with Crippen molar-refractivity contribution in [2.75, 3.05) is 0 Å². The molecular weight excluding hydrogens is 306 g/mol. The monoisotopic (exact) mass is 333 g/mol. The molecule has 0 saturated carbocycles. The standard InChI is InChI=1S/C18H27N3OS/c1-11(2)8-9-21-17(22)15-13-7-6-12(18(3,4)5)10-14(13)23-16(15)19-20-21/h11-12H,6-10H2,1-5H3/t12-/m0/s1. The number of thiophene rings is 1. The summed E-state index contributed by atoms with van der Waals surface area (Å²) in [6.07, 6.45) is 4.20. The SMILES string of the molecule is CC(C)CCn1nnc2sc3c(c2c1=O)CC[C@H](C(C)(C)C)C3. The maximum Gasteiger partial charge on any atom is 0.278 e. The summed E-state index contributed by atoms with van der Waals surface area (Å²) in [5, 5.41) is 9.34. The Bertz CT molecular complexity index is 767. The highest BCUT2D eigenvalue weighted by Gasteiger charge is 2.31. The zero-order chi connectivity index (χ0) is 16.8. The molecule has 0 N–H and O–H groups in total. The van der Waals surface area contributed by atoms with Gasteiger partial charge in [-0.15, -0.1) is 16.4 Å². The highest BCUT2D eigenvalue weighted by molar-refractivity contribution is 7.18. The average molecular weight is 334 g/mol. The first kappa shape index (κ1) is 16.6. The van der Waals surface area contributed by atoms with E-state index in [1.165, 1.54) is 10.4 Å². The Morgan fingerprint density at radius 1 is 1.35 bits per heavy atom. The van der Waals surface area contributed by atoms with Crippen molar-refractivity contribution in [3.8, 4) is 0 Å². The lowest BCUT2D eigenvalue weighted by Gasteiger charge is -2.33. The van der Waals surface area contributed by atoms with E-state index < -0.39 is 0 Å². The molecule has 0 unspecified atom stereocenters. The molecule has 0 saturated heterocycles. The summed E-state index contributed by atoms with van der Waals surface area (Å²) in [5.41, 5.74) is 1.63. The van der Waals surface area contributed by atoms with Crippen LogP contribution in [0.3, 0.4) is 0 Å². The summed E-state index contributed by atoms with van der Waals surface area (Å²) in [7, 11) is 0. The Balaban J connectivity index is 1.99. The lowest BCUT2D eigenvalue weighted by Crippen LogP contribution is -2.28. The van der Waals surface area contributed by atoms with Gasteiger partial charge in [-0.25, -0.2) is 4.68 Å². The summed E-state index contributed by atoms with van der Waals surface area (Å²) < 4.78 is 1.56. The van der Waals surface area contributed by atoms with Crippen LogP contribution in [-0.4, -0.2) is 15.0 Å². The number of hydrogen-bond acceptors (Lipinski definition) is 4. The molecule has 126 valence electrons. The summed E-state index contributed by atoms with van der Waals surface area (Å²) in [4.78, 5) is 15.0. The number of aryl methyl sites for hydroxylation is 2. The Hall–Kier alpha value is -1.23. The van der Waals surface area contributed by atoms with Gasteiger partial charge in [-0.3, -0.25) is 4.79 Å². The van der Waals surface area contributed by atoms with E-state index in [2.05, 4.69) is 44.9 Å². The minimum Gasteiger partial charge on any atom is -0.267 e. The predicted octanol–water partition coefficient (Wildman–Crippen LogP) is 4.05. The second-order valence-electron chi connectivity index (χ2n) is 8.29. The predicted molar refractivity (Wildman–Crippen MR) is 96.1 cm³/mol. The molecule has 2 aromatic rings. The van der Waals surface area contributed by atoms with Crippen LogP contribution in [-0.2, 0) is 19.4 Å². The van der Waals surface area contributed by atoms with E-state index in [-0.39, 0.29) is 5.56 Å². The first-order valence-corrected chi connectivity index (χ1v) is 9.47. The van der Waals surface area contributed by atoms with Crippen LogP contribution in [0, 0.1) is 17.3 Å². The Morgan fingerprint density at radius 2 is 2.09 bits per heavy atom. The second kappa shape index (κ2) is 6.00. The molecule has 0 amide bonds. The van der Waals surface area contributed by atoms with Crippen molar-refractivity contribution in [1.29, 1.82) is 0 Å². The molecule has 2 heterocycles. The molecule has 0 radical (unpaired) electrons. The highest BCUT2D eigenvalue weighted by atomic mass is 32.1. The maximum absolute atomic E-state index is 12.8. The fourth-order valence-corrected chi connectivity index (χ4v) is 4.63. The summed E-state index contributed by atoms with van der Waals surface area (Å²) in [6.45, 7) is 11.9. The van der Waals surface area contributed by atoms with Gasteiger partial charge in [0.05, 0.1) is 5.39 Å². The van der Waals surface area contributed by atoms with E-state index in [1.54, 1.807) is 16.0 Å². The van der Waals surface area contributed by atoms with E-state index in [9.17, 15) is 4.79 Å². The molecule has 4 nitrogen and oxygen atoms in total. The van der Waals surface area contributed by atoms with E-state index in [0.717, 1.165) is 35.9 Å². The van der Waals surface area contributed by atoms with E-state index in [0.29, 0.717) is 23.8 Å². The number of rotatable bonds is 3. The molecule has 0 fully saturated rings. The van der Waals surface area contributed by atoms with Crippen molar-refractivity contribution in [2.45, 2.75) is 66.8 Å². The molecule has 0 aromatic carbocycles. The van der Waals surface area contributed by atoms with Crippen LogP contribution in [0.1, 0.15) is 57.9 Å². The van der Waals surface area contributed by atoms with Crippen molar-refractivity contribution in [2.24, 2.45) is 17.3 Å². The smallest absolute Gasteiger partial charge is 0.267 e. The molecule has 0 spiro atoms. The molecule has 1 aliphatic carbocycles. The average Bonchev–Trinajstić information content (AvgIpc) is 2.83. The molecule has 3 rings (SSSR count). The first-order valence-electron chi connectivity index (χ1n) is 8.65. The van der Waals surface area contributed by atoms with Crippen molar-refractivity contribution in [3.05, 3.63) is 20.8 Å². The summed E-state index contributed by atoms with van der Waals surface area (Å²) in [6, 6.07) is 0. The zero-order valence-corrected chi connectivity index (χ0v) is 15.7. The third kappa shape index (κ3) is 3.21. The molecule has 0 aliphatic heterocycles. The van der Waals surface area contributed by atoms with Crippen molar-refractivity contribution in [1.82, 2.24) is 15.0 Å². The largest absolute Gasteiger partial charge is 0.278 e. The molecule has 0 bridgehead atoms. The van der Waals surface area contributed by atoms with E-state index >= 15 is 0 Å². The van der Waals surface area contributed by atoms with Crippen LogP contribution in [0.25, 0.3) is 10.2 Å². The van der Waals surface area contributed by atoms with Gasteiger partial charge in [0.25, 0.3) is 5.56 Å². The van der Waals surface area contributed by atoms with Gasteiger partial charge in [0.1, 0.15) is 0 Å². The van der Waals surface area contributed by atoms with Crippen molar-refractivity contribution < 1.29 is 0 Å². The molecule has 1 atom stereocenters. The van der Waals surface area contributed by atoms with Crippen LogP contribution in [0.5, 0.6) is 0 Å². The number of aromatic nitrogens is 3. The minimum absolute atomic E-state index is 0.0577. The normalized spacial score (nSPS) is 18.6. The molecule has 2 aromatic heterocycles. The van der Waals surface area contributed by atoms with Crippen LogP contribution in [0.4, 0.5) is 0 Å². The third-order valence-corrected chi connectivity index (χ3v) is 6.22. The molecule has 23 heavy (non-hydrogen) atoms. The zero-order valence-electron chi connectivity index (χ0n) is 14.8. The quantitative estimate of drug-likeness (QED) is 0.851. The third-order valence-electron chi connectivity index (χ3n) is 5.08. The Labute approximate surface area is 141 Å². The Kier molecular flexibility index (Phi) is 4.34. The summed E-state index contributed by atoms with van der Waals surface area (Å²) in [5.74, 6) is 1.24. The van der Waals surface area contributed by atoms with Gasteiger partial charge < -0.3 is 0 Å². The first-order chi connectivity index (χ1) is 10.8. The van der Waals surface area contributed by atoms with Crippen LogP contribution < -0.4 is 5.56 Å². The van der Waals surface area contributed by atoms with Gasteiger partial charge in [0.2, 0.25) is 0 Å². The van der Waals surface area contributed by atoms with Gasteiger partial charge in [-0.05, 0) is 48.5 Å². The van der Waals surface area contributed by atoms with Gasteiger partial charge in [0, 0.05) is 11.4 Å². The van der Waals surface area contributed by atoms with Crippen LogP contribution >= 0.6 is 11.3 Å². The number of fused-ring (bicyclic) bond motifs is 3. The molecular formula is C18H27N3OS. The van der Waals surface area contributed by atoms with E-state index in [1.807, 2.05) is 0 Å². The fourth-order valence-electron chi connectivity index (χ4n) is 3.39. The maximum atomic E-state index is 12.8. The van der Waals surface area contributed by atoms with Crippen LogP contribution in [0.15, 0.2) is 4.79 Å². The second-order valence-corrected chi connectivity index (χ2v) is 9.37. The molecule has 5 heteroatoms. The van der Waals surface area contributed by atoms with E-state index in [4.69, 9.17) is 0 Å². The van der Waals surface area contributed by atoms with Gasteiger partial charge in [-0.1, -0.05) is 39.8 Å². The fraction of sp³-hybridized carbons (Fsp3) is 0.722. The highest BCUT2D eigenvalue weighted by Crippen LogP contribution is 2.41. The van der Waals surface area contributed by atoms with Crippen LogP contribution in [0.2, 0.25) is 0 Å². The molecule has 1 aliphatic rings. The topological polar surface area (TPSA) is 47.8 Å². The van der Waals surface area contributed by atoms with Gasteiger partial charge >= 0.3 is 0 Å². The minimum atomic E-state index is 0.0577. The van der Waals surface area contributed by atoms with Crippen molar-refractivity contribution >= 4 is 21.6 Å². The van der Waals surface area contributed by atoms with Gasteiger partial charge in [-0.2, -0.15) is 0 Å². The summed E-state index contributed by atoms with van der Waals surface area (Å²) >= 11 is 1.68. The lowest BCUT2D eigenvalue weighted by atomic mass is 9.72. The van der Waals surface area contributed by atoms with Crippen molar-refractivity contribution in [3.63, 3.8) is 0 Å². The number of hydrogen-bond donors (Lipinski definition) is 0. The lowest BCUT2D eigenvalue weighted by molar-refractivity contribution is 0.218. The van der Waals surface area contributed by atoms with Gasteiger partial charge in [0.15, 0.2) is 4.83 Å². The number of nitrogens with zero attached hydrogens (tertiary/aromatic N) is 3.